The van der Waals surface area contributed by atoms with Crippen LogP contribution in [-0.2, 0) is 9.53 Å². The third kappa shape index (κ3) is 6.93. The van der Waals surface area contributed by atoms with Gasteiger partial charge in [-0.1, -0.05) is 43.2 Å². The molecule has 30 heavy (non-hydrogen) atoms. The molecule has 0 amide bonds. The smallest absolute Gasteiger partial charge is 0.331 e. The molecule has 5 nitrogen and oxygen atoms in total. The van der Waals surface area contributed by atoms with Crippen LogP contribution >= 0.6 is 0 Å². The number of carbonyl (C=O) groups is 1. The quantitative estimate of drug-likeness (QED) is 0.367. The van der Waals surface area contributed by atoms with E-state index in [2.05, 4.69) is 20.8 Å². The van der Waals surface area contributed by atoms with Crippen LogP contribution in [-0.4, -0.2) is 46.2 Å². The molecule has 2 atom stereocenters. The van der Waals surface area contributed by atoms with Crippen LogP contribution in [0.2, 0.25) is 0 Å². The van der Waals surface area contributed by atoms with Crippen molar-refractivity contribution >= 4 is 5.97 Å². The van der Waals surface area contributed by atoms with Crippen molar-refractivity contribution < 1.29 is 24.9 Å². The Morgan fingerprint density at radius 2 is 2.10 bits per heavy atom. The Kier molecular flexibility index (Phi) is 8.65. The summed E-state index contributed by atoms with van der Waals surface area (Å²) < 4.78 is 5.15. The van der Waals surface area contributed by atoms with Crippen LogP contribution in [0.1, 0.15) is 72.6 Å². The molecule has 0 saturated carbocycles. The van der Waals surface area contributed by atoms with E-state index in [9.17, 15) is 20.1 Å². The van der Waals surface area contributed by atoms with Gasteiger partial charge in [0.25, 0.3) is 0 Å². The lowest BCUT2D eigenvalue weighted by Crippen LogP contribution is -2.25. The third-order valence-corrected chi connectivity index (χ3v) is 6.41. The van der Waals surface area contributed by atoms with Gasteiger partial charge in [-0.2, -0.15) is 0 Å². The number of cyclic esters (lactones) is 1. The summed E-state index contributed by atoms with van der Waals surface area (Å²) in [5, 5.41) is 29.7. The Balaban J connectivity index is 1.90. The largest absolute Gasteiger partial charge is 0.454 e. The monoisotopic (exact) mass is 418 g/mol. The Hall–Kier alpha value is -1.69. The lowest BCUT2D eigenvalue weighted by Gasteiger charge is -2.36. The number of carbonyl (C=O) groups excluding carboxylic acids is 1. The van der Waals surface area contributed by atoms with E-state index in [1.165, 1.54) is 30.1 Å². The zero-order valence-electron chi connectivity index (χ0n) is 18.9. The van der Waals surface area contributed by atoms with Crippen LogP contribution in [0, 0.1) is 5.41 Å². The van der Waals surface area contributed by atoms with E-state index in [1.54, 1.807) is 0 Å². The average Bonchev–Trinajstić information content (AvgIpc) is 3.03. The number of allylic oxidation sites excluding steroid dienone is 3. The van der Waals surface area contributed by atoms with Gasteiger partial charge < -0.3 is 20.1 Å². The molecule has 2 rings (SSSR count). The summed E-state index contributed by atoms with van der Waals surface area (Å²) in [5.41, 5.74) is 3.60. The van der Waals surface area contributed by atoms with Crippen molar-refractivity contribution in [2.24, 2.45) is 5.41 Å². The zero-order valence-corrected chi connectivity index (χ0v) is 18.9. The molecule has 2 aliphatic rings. The predicted molar refractivity (Wildman–Crippen MR) is 119 cm³/mol. The van der Waals surface area contributed by atoms with E-state index in [-0.39, 0.29) is 18.6 Å². The van der Waals surface area contributed by atoms with Crippen molar-refractivity contribution in [1.82, 2.24) is 0 Å². The normalized spacial score (nSPS) is 24.2. The van der Waals surface area contributed by atoms with E-state index < -0.39 is 17.7 Å². The second-order valence-electron chi connectivity index (χ2n) is 9.52. The Morgan fingerprint density at radius 1 is 1.37 bits per heavy atom. The van der Waals surface area contributed by atoms with E-state index in [4.69, 9.17) is 4.74 Å². The van der Waals surface area contributed by atoms with Gasteiger partial charge in [0.1, 0.15) is 6.10 Å². The van der Waals surface area contributed by atoms with Gasteiger partial charge in [-0.25, -0.2) is 4.79 Å². The Morgan fingerprint density at radius 3 is 2.73 bits per heavy atom. The van der Waals surface area contributed by atoms with Crippen LogP contribution in [0.5, 0.6) is 0 Å². The van der Waals surface area contributed by atoms with Crippen molar-refractivity contribution in [3.05, 3.63) is 46.6 Å². The second-order valence-corrected chi connectivity index (χ2v) is 9.52. The molecular formula is C25H38O5. The van der Waals surface area contributed by atoms with Crippen LogP contribution in [0.15, 0.2) is 46.6 Å². The number of hydrogen-bond acceptors (Lipinski definition) is 5. The molecule has 1 aliphatic heterocycles. The molecule has 0 bridgehead atoms. The van der Waals surface area contributed by atoms with Crippen molar-refractivity contribution in [3.8, 4) is 0 Å². The van der Waals surface area contributed by atoms with Crippen LogP contribution in [0.3, 0.4) is 0 Å². The van der Waals surface area contributed by atoms with Crippen LogP contribution in [0.25, 0.3) is 0 Å². The van der Waals surface area contributed by atoms with Gasteiger partial charge >= 0.3 is 5.97 Å². The molecule has 5 heteroatoms. The van der Waals surface area contributed by atoms with Gasteiger partial charge in [0.2, 0.25) is 0 Å². The summed E-state index contributed by atoms with van der Waals surface area (Å²) in [6, 6.07) is 0. The fraction of sp³-hybridized carbons (Fsp3) is 0.640. The number of ether oxygens (including phenoxy) is 1. The maximum absolute atomic E-state index is 11.3. The molecule has 3 N–H and O–H groups in total. The highest BCUT2D eigenvalue weighted by molar-refractivity contribution is 5.85. The highest BCUT2D eigenvalue weighted by atomic mass is 16.5. The molecule has 0 saturated heterocycles. The third-order valence-electron chi connectivity index (χ3n) is 6.41. The fourth-order valence-corrected chi connectivity index (χ4v) is 4.48. The van der Waals surface area contributed by atoms with Crippen molar-refractivity contribution in [2.75, 3.05) is 13.2 Å². The van der Waals surface area contributed by atoms with Crippen LogP contribution < -0.4 is 0 Å². The highest BCUT2D eigenvalue weighted by Gasteiger charge is 2.29. The minimum Gasteiger partial charge on any atom is -0.454 e. The predicted octanol–water partition coefficient (Wildman–Crippen LogP) is 4.14. The first-order valence-electron chi connectivity index (χ1n) is 11.0. The standard InChI is InChI=1S/C25H38O5/c1-18-7-5-12-24(2,3)21(18)11-14-25(4,29)13-6-8-19(16-26)9-10-22-20(17-27)15-23(28)30-22/h6,9,13,15,22,26-27,29H,5,7-8,10-12,14,16-17H2,1-4H3/b13-6+,19-9-. The van der Waals surface area contributed by atoms with E-state index in [0.29, 0.717) is 24.8 Å². The maximum Gasteiger partial charge on any atom is 0.331 e. The van der Waals surface area contributed by atoms with Crippen molar-refractivity contribution in [2.45, 2.75) is 84.3 Å². The summed E-state index contributed by atoms with van der Waals surface area (Å²) in [6.45, 7) is 8.32. The Bertz CT molecular complexity index is 737. The fourth-order valence-electron chi connectivity index (χ4n) is 4.48. The summed E-state index contributed by atoms with van der Waals surface area (Å²) in [7, 11) is 0. The van der Waals surface area contributed by atoms with Gasteiger partial charge in [0.05, 0.1) is 18.8 Å². The number of esters is 1. The van der Waals surface area contributed by atoms with E-state index >= 15 is 0 Å². The second kappa shape index (κ2) is 10.6. The Labute approximate surface area is 180 Å². The highest BCUT2D eigenvalue weighted by Crippen LogP contribution is 2.43. The maximum atomic E-state index is 11.3. The van der Waals surface area contributed by atoms with E-state index in [1.807, 2.05) is 25.2 Å². The molecule has 2 unspecified atom stereocenters. The van der Waals surface area contributed by atoms with Gasteiger partial charge in [0.15, 0.2) is 0 Å². The minimum atomic E-state index is -0.908. The lowest BCUT2D eigenvalue weighted by atomic mass is 9.70. The zero-order chi connectivity index (χ0) is 22.4. The lowest BCUT2D eigenvalue weighted by molar-refractivity contribution is -0.138. The van der Waals surface area contributed by atoms with Gasteiger partial charge in [-0.3, -0.25) is 0 Å². The van der Waals surface area contributed by atoms with Crippen molar-refractivity contribution in [1.29, 1.82) is 0 Å². The first-order valence-corrected chi connectivity index (χ1v) is 11.0. The minimum absolute atomic E-state index is 0.106. The topological polar surface area (TPSA) is 87.0 Å². The van der Waals surface area contributed by atoms with Crippen molar-refractivity contribution in [3.63, 3.8) is 0 Å². The molecule has 0 radical (unpaired) electrons. The molecule has 1 aliphatic carbocycles. The first kappa shape index (κ1) is 24.6. The first-order chi connectivity index (χ1) is 14.1. The molecule has 0 aromatic carbocycles. The summed E-state index contributed by atoms with van der Waals surface area (Å²) >= 11 is 0. The molecule has 0 aromatic heterocycles. The van der Waals surface area contributed by atoms with Gasteiger partial charge in [-0.05, 0) is 63.4 Å². The summed E-state index contributed by atoms with van der Waals surface area (Å²) in [4.78, 5) is 11.3. The number of hydrogen-bond donors (Lipinski definition) is 3. The number of aliphatic hydroxyl groups excluding tert-OH is 2. The van der Waals surface area contributed by atoms with E-state index in [0.717, 1.165) is 18.4 Å². The van der Waals surface area contributed by atoms with Crippen LogP contribution in [0.4, 0.5) is 0 Å². The van der Waals surface area contributed by atoms with Gasteiger partial charge in [-0.15, -0.1) is 0 Å². The molecule has 1 heterocycles. The van der Waals surface area contributed by atoms with Gasteiger partial charge in [0, 0.05) is 18.1 Å². The average molecular weight is 419 g/mol. The molecular weight excluding hydrogens is 380 g/mol. The number of aliphatic hydroxyl groups is 3. The summed E-state index contributed by atoms with van der Waals surface area (Å²) in [6.07, 6.45) is 12.5. The molecule has 0 aromatic rings. The SMILES string of the molecule is CC1=C(CCC(C)(O)/C=C/C/C(=C/CC2OC(=O)C=C2CO)CO)C(C)(C)CCC1. The molecule has 0 fully saturated rings. The molecule has 0 spiro atoms. The molecule has 168 valence electrons. The number of rotatable bonds is 10. The summed E-state index contributed by atoms with van der Waals surface area (Å²) in [5.74, 6) is -0.439.